The highest BCUT2D eigenvalue weighted by Gasteiger charge is 2.50. The smallest absolute Gasteiger partial charge is 0.200 e. The summed E-state index contributed by atoms with van der Waals surface area (Å²) in [5.74, 6) is -5.13. The molecule has 0 spiro atoms. The first kappa shape index (κ1) is 31.7. The fraction of sp³-hybridized carbons (Fsp3) is 0.444. The van der Waals surface area contributed by atoms with E-state index in [0.29, 0.717) is 0 Å². The van der Waals surface area contributed by atoms with Gasteiger partial charge in [-0.25, -0.2) is 0 Å². The lowest BCUT2D eigenvalue weighted by Crippen LogP contribution is -2.55. The van der Waals surface area contributed by atoms with Crippen LogP contribution in [0.3, 0.4) is 0 Å². The van der Waals surface area contributed by atoms with Gasteiger partial charge in [0.05, 0.1) is 24.3 Å². The van der Waals surface area contributed by atoms with Crippen molar-refractivity contribution < 1.29 is 80.3 Å². The van der Waals surface area contributed by atoms with Gasteiger partial charge in [-0.1, -0.05) is 0 Å². The summed E-state index contributed by atoms with van der Waals surface area (Å²) in [7, 11) is 0. The van der Waals surface area contributed by atoms with E-state index in [2.05, 4.69) is 0 Å². The fourth-order valence-corrected chi connectivity index (χ4v) is 5.51. The van der Waals surface area contributed by atoms with Crippen LogP contribution in [0.2, 0.25) is 0 Å². The van der Waals surface area contributed by atoms with Crippen molar-refractivity contribution in [2.45, 2.75) is 61.0 Å². The minimum absolute atomic E-state index is 0.200. The highest BCUT2D eigenvalue weighted by Crippen LogP contribution is 2.51. The van der Waals surface area contributed by atoms with Gasteiger partial charge in [0.15, 0.2) is 28.3 Å². The minimum Gasteiger partial charge on any atom is -0.507 e. The van der Waals surface area contributed by atoms with Gasteiger partial charge in [-0.2, -0.15) is 0 Å². The minimum atomic E-state index is -2.09. The van der Waals surface area contributed by atoms with Gasteiger partial charge in [0.2, 0.25) is 0 Å². The molecular formula is C27H30O17. The predicted octanol–water partition coefficient (Wildman–Crippen LogP) is -2.98. The molecule has 5 rings (SSSR count). The molecule has 2 aromatic carbocycles. The number of ether oxygens (including phenoxy) is 2. The van der Waals surface area contributed by atoms with Crippen molar-refractivity contribution in [3.63, 3.8) is 0 Å². The second-order valence-corrected chi connectivity index (χ2v) is 10.6. The summed E-state index contributed by atoms with van der Waals surface area (Å²) in [5, 5.41) is 134. The molecule has 44 heavy (non-hydrogen) atoms. The standard InChI is InChI=1S/C27H30O17/c28-4-11-17(34)21(38)23(40)26(43-11)14-19(36)13-7(30)3-10(6-1-8(31)16(33)9(32)2-6)42-25(13)15(20(14)37)27-24(41)22(39)18(35)12(5-29)44-27/h1-3,11-12,17-18,21-24,26-29,31-41H,4-5H2. The van der Waals surface area contributed by atoms with Crippen LogP contribution in [0.1, 0.15) is 23.3 Å². The molecule has 1 aromatic heterocycles. The van der Waals surface area contributed by atoms with Crippen molar-refractivity contribution >= 4 is 11.0 Å². The largest absolute Gasteiger partial charge is 0.507 e. The Labute approximate surface area is 245 Å². The van der Waals surface area contributed by atoms with Crippen LogP contribution in [0.4, 0.5) is 0 Å². The van der Waals surface area contributed by atoms with Gasteiger partial charge in [-0.3, -0.25) is 4.79 Å². The van der Waals surface area contributed by atoms with Crippen LogP contribution in [0, 0.1) is 0 Å². The van der Waals surface area contributed by atoms with E-state index in [1.165, 1.54) is 0 Å². The van der Waals surface area contributed by atoms with Gasteiger partial charge in [-0.15, -0.1) is 0 Å². The summed E-state index contributed by atoms with van der Waals surface area (Å²) in [4.78, 5) is 13.5. The molecule has 0 bridgehead atoms. The molecule has 3 heterocycles. The number of phenolic OH excluding ortho intramolecular Hbond substituents is 5. The van der Waals surface area contributed by atoms with Crippen molar-refractivity contribution in [2.75, 3.05) is 13.2 Å². The van der Waals surface area contributed by atoms with Gasteiger partial charge in [0.1, 0.15) is 83.7 Å². The Balaban J connectivity index is 1.84. The Morgan fingerprint density at radius 2 is 1.07 bits per heavy atom. The normalized spacial score (nSPS) is 32.6. The van der Waals surface area contributed by atoms with E-state index in [9.17, 15) is 71.2 Å². The molecule has 0 amide bonds. The van der Waals surface area contributed by atoms with Crippen LogP contribution in [-0.4, -0.2) is 128 Å². The lowest BCUT2D eigenvalue weighted by Gasteiger charge is -2.42. The first-order valence-corrected chi connectivity index (χ1v) is 13.1. The maximum atomic E-state index is 13.5. The zero-order valence-corrected chi connectivity index (χ0v) is 22.4. The molecule has 2 aliphatic heterocycles. The van der Waals surface area contributed by atoms with Crippen LogP contribution in [-0.2, 0) is 9.47 Å². The van der Waals surface area contributed by atoms with E-state index >= 15 is 0 Å². The van der Waals surface area contributed by atoms with Gasteiger partial charge < -0.3 is 80.3 Å². The van der Waals surface area contributed by atoms with E-state index in [0.717, 1.165) is 18.2 Å². The van der Waals surface area contributed by atoms with E-state index < -0.39 is 136 Å². The quantitative estimate of drug-likeness (QED) is 0.126. The van der Waals surface area contributed by atoms with Crippen molar-refractivity contribution in [2.24, 2.45) is 0 Å². The third-order valence-electron chi connectivity index (χ3n) is 7.90. The second kappa shape index (κ2) is 11.6. The Morgan fingerprint density at radius 3 is 1.55 bits per heavy atom. The molecular weight excluding hydrogens is 596 g/mol. The number of fused-ring (bicyclic) bond motifs is 1. The van der Waals surface area contributed by atoms with E-state index in [4.69, 9.17) is 13.9 Å². The van der Waals surface area contributed by atoms with E-state index in [1.54, 1.807) is 0 Å². The van der Waals surface area contributed by atoms with E-state index in [-0.39, 0.29) is 5.56 Å². The number of aromatic hydroxyl groups is 5. The lowest BCUT2D eigenvalue weighted by molar-refractivity contribution is -0.234. The number of aliphatic hydroxyl groups is 8. The van der Waals surface area contributed by atoms with Gasteiger partial charge in [0, 0.05) is 11.6 Å². The van der Waals surface area contributed by atoms with Crippen LogP contribution >= 0.6 is 0 Å². The number of hydrogen-bond acceptors (Lipinski definition) is 17. The van der Waals surface area contributed by atoms with Gasteiger partial charge >= 0.3 is 0 Å². The van der Waals surface area contributed by atoms with Crippen LogP contribution < -0.4 is 5.43 Å². The summed E-state index contributed by atoms with van der Waals surface area (Å²) in [6.07, 6.45) is -18.8. The predicted molar refractivity (Wildman–Crippen MR) is 142 cm³/mol. The van der Waals surface area contributed by atoms with E-state index in [1.807, 2.05) is 0 Å². The molecule has 0 saturated carbocycles. The molecule has 0 aliphatic carbocycles. The van der Waals surface area contributed by atoms with Gasteiger partial charge in [-0.05, 0) is 12.1 Å². The lowest BCUT2D eigenvalue weighted by atomic mass is 9.85. The topological polar surface area (TPSA) is 312 Å². The summed E-state index contributed by atoms with van der Waals surface area (Å²) >= 11 is 0. The zero-order chi connectivity index (χ0) is 32.4. The molecule has 17 heteroatoms. The number of hydrogen-bond donors (Lipinski definition) is 13. The SMILES string of the molecule is O=c1cc(-c2cc(O)c(O)c(O)c2)oc2c(C3OC(CO)C(O)C(O)C3O)c(O)c(C3OC(CO)C(O)C(O)C3O)c(O)c12. The summed E-state index contributed by atoms with van der Waals surface area (Å²) in [5.41, 5.74) is -3.46. The molecule has 3 aromatic rings. The van der Waals surface area contributed by atoms with Crippen LogP contribution in [0.5, 0.6) is 28.7 Å². The molecule has 2 aliphatic rings. The molecule has 2 fully saturated rings. The third kappa shape index (κ3) is 4.88. The molecule has 240 valence electrons. The number of aliphatic hydroxyl groups excluding tert-OH is 8. The Kier molecular flexibility index (Phi) is 8.37. The average Bonchev–Trinajstić information content (AvgIpc) is 2.99. The van der Waals surface area contributed by atoms with Crippen molar-refractivity contribution in [1.29, 1.82) is 0 Å². The molecule has 10 unspecified atom stereocenters. The number of phenols is 5. The third-order valence-corrected chi connectivity index (χ3v) is 7.90. The zero-order valence-electron chi connectivity index (χ0n) is 22.4. The summed E-state index contributed by atoms with van der Waals surface area (Å²) in [6, 6.07) is 2.57. The second-order valence-electron chi connectivity index (χ2n) is 10.6. The van der Waals surface area contributed by atoms with Crippen molar-refractivity contribution in [3.8, 4) is 40.1 Å². The first-order chi connectivity index (χ1) is 20.7. The Bertz CT molecular complexity index is 1590. The Morgan fingerprint density at radius 1 is 0.591 bits per heavy atom. The summed E-state index contributed by atoms with van der Waals surface area (Å²) in [6.45, 7) is -1.80. The molecule has 2 saturated heterocycles. The molecule has 17 nitrogen and oxygen atoms in total. The molecule has 0 radical (unpaired) electrons. The first-order valence-electron chi connectivity index (χ1n) is 13.1. The molecule has 10 atom stereocenters. The highest BCUT2D eigenvalue weighted by molar-refractivity contribution is 5.92. The summed E-state index contributed by atoms with van der Waals surface area (Å²) < 4.78 is 16.8. The van der Waals surface area contributed by atoms with Crippen molar-refractivity contribution in [3.05, 3.63) is 39.5 Å². The maximum absolute atomic E-state index is 13.5. The van der Waals surface area contributed by atoms with Crippen LogP contribution in [0.15, 0.2) is 27.4 Å². The number of benzene rings is 2. The maximum Gasteiger partial charge on any atom is 0.200 e. The number of rotatable bonds is 5. The monoisotopic (exact) mass is 626 g/mol. The average molecular weight is 627 g/mol. The fourth-order valence-electron chi connectivity index (χ4n) is 5.51. The molecule has 13 N–H and O–H groups in total. The van der Waals surface area contributed by atoms with Gasteiger partial charge in [0.25, 0.3) is 0 Å². The Hall–Kier alpha value is -3.75. The van der Waals surface area contributed by atoms with Crippen LogP contribution in [0.25, 0.3) is 22.3 Å². The highest BCUT2D eigenvalue weighted by atomic mass is 16.6. The van der Waals surface area contributed by atoms with Crippen molar-refractivity contribution in [1.82, 2.24) is 0 Å².